The third-order valence-corrected chi connectivity index (χ3v) is 2.49. The normalized spacial score (nSPS) is 11.6. The first kappa shape index (κ1) is 11.2. The first-order chi connectivity index (χ1) is 8.31. The summed E-state index contributed by atoms with van der Waals surface area (Å²) >= 11 is 0. The molecule has 0 radical (unpaired) electrons. The van der Waals surface area contributed by atoms with Crippen LogP contribution in [0.5, 0.6) is 0 Å². The zero-order chi connectivity index (χ0) is 12.1. The van der Waals surface area contributed by atoms with E-state index in [-0.39, 0.29) is 6.04 Å². The fraction of sp³-hybridized carbons (Fsp3) is 0.154. The fourth-order valence-electron chi connectivity index (χ4n) is 1.59. The minimum absolute atomic E-state index is 0.247. The Labute approximate surface area is 99.6 Å². The zero-order valence-corrected chi connectivity index (χ0v) is 9.49. The predicted octanol–water partition coefficient (Wildman–Crippen LogP) is 4.12. The molecule has 0 unspecified atom stereocenters. The van der Waals surface area contributed by atoms with E-state index >= 15 is 0 Å². The molecular weight excluding hydrogens is 212 g/mol. The third-order valence-electron chi connectivity index (χ3n) is 2.49. The molecule has 0 aliphatic rings. The molecule has 2 aromatic rings. The van der Waals surface area contributed by atoms with Crippen LogP contribution >= 0.6 is 0 Å². The van der Waals surface area contributed by atoms with Crippen molar-refractivity contribution in [1.29, 1.82) is 0 Å². The Kier molecular flexibility index (Phi) is 3.38. The van der Waals surface area contributed by atoms with Crippen LogP contribution in [0.15, 0.2) is 53.6 Å². The van der Waals surface area contributed by atoms with Gasteiger partial charge in [0.05, 0.1) is 11.7 Å². The lowest BCUT2D eigenvalue weighted by Crippen LogP contribution is -1.94. The zero-order valence-electron chi connectivity index (χ0n) is 9.49. The summed E-state index contributed by atoms with van der Waals surface area (Å²) in [7, 11) is 0. The van der Waals surface area contributed by atoms with Crippen molar-refractivity contribution in [3.05, 3.63) is 64.7 Å². The Morgan fingerprint density at radius 2 is 1.88 bits per heavy atom. The van der Waals surface area contributed by atoms with Gasteiger partial charge in [0.1, 0.15) is 0 Å². The molecule has 0 N–H and O–H groups in total. The molecule has 1 aromatic carbocycles. The number of hydrogen-bond donors (Lipinski definition) is 0. The minimum atomic E-state index is -0.247. The van der Waals surface area contributed by atoms with Crippen LogP contribution in [-0.2, 0) is 0 Å². The maximum atomic E-state index is 8.41. The minimum Gasteiger partial charge on any atom is -0.252 e. The van der Waals surface area contributed by atoms with Gasteiger partial charge in [0.2, 0.25) is 0 Å². The molecule has 0 spiro atoms. The van der Waals surface area contributed by atoms with Crippen molar-refractivity contribution in [2.75, 3.05) is 0 Å². The van der Waals surface area contributed by atoms with Gasteiger partial charge in [-0.05, 0) is 17.7 Å². The van der Waals surface area contributed by atoms with Gasteiger partial charge in [0.25, 0.3) is 0 Å². The molecule has 2 rings (SSSR count). The van der Waals surface area contributed by atoms with Crippen molar-refractivity contribution in [3.63, 3.8) is 0 Å². The summed E-state index contributed by atoms with van der Waals surface area (Å²) in [5.74, 6) is 0. The Balaban J connectivity index is 2.38. The van der Waals surface area contributed by atoms with E-state index in [9.17, 15) is 0 Å². The van der Waals surface area contributed by atoms with E-state index in [0.29, 0.717) is 0 Å². The molecule has 84 valence electrons. The maximum absolute atomic E-state index is 8.41. The maximum Gasteiger partial charge on any atom is 0.0769 e. The van der Waals surface area contributed by atoms with E-state index in [0.717, 1.165) is 17.0 Å². The average Bonchev–Trinajstić information content (AvgIpc) is 2.40. The summed E-state index contributed by atoms with van der Waals surface area (Å²) in [4.78, 5) is 7.30. The summed E-state index contributed by atoms with van der Waals surface area (Å²) in [6, 6.07) is 15.4. The number of pyridine rings is 1. The second-order valence-corrected chi connectivity index (χ2v) is 3.69. The number of benzene rings is 1. The molecule has 0 amide bonds. The predicted molar refractivity (Wildman–Crippen MR) is 67.2 cm³/mol. The highest BCUT2D eigenvalue weighted by atomic mass is 15.1. The first-order valence-electron chi connectivity index (χ1n) is 5.38. The summed E-state index contributed by atoms with van der Waals surface area (Å²) in [6.07, 6.45) is 0. The molecule has 1 atom stereocenters. The second-order valence-electron chi connectivity index (χ2n) is 3.69. The molecule has 0 fully saturated rings. The van der Waals surface area contributed by atoms with Crippen LogP contribution in [-0.4, -0.2) is 4.98 Å². The van der Waals surface area contributed by atoms with E-state index < -0.39 is 0 Å². The molecule has 17 heavy (non-hydrogen) atoms. The SMILES string of the molecule is C[C@H](N=[N+]=[N-])c1cccc(-c2ccccc2)n1. The molecule has 4 nitrogen and oxygen atoms in total. The Bertz CT molecular complexity index is 544. The van der Waals surface area contributed by atoms with Gasteiger partial charge in [-0.3, -0.25) is 4.98 Å². The van der Waals surface area contributed by atoms with Crippen LogP contribution in [0.1, 0.15) is 18.7 Å². The number of rotatable bonds is 3. The van der Waals surface area contributed by atoms with Crippen LogP contribution in [0, 0.1) is 0 Å². The van der Waals surface area contributed by atoms with Gasteiger partial charge in [-0.1, -0.05) is 48.4 Å². The molecule has 0 aliphatic heterocycles. The van der Waals surface area contributed by atoms with Gasteiger partial charge in [-0.25, -0.2) is 0 Å². The van der Waals surface area contributed by atoms with Crippen LogP contribution in [0.4, 0.5) is 0 Å². The summed E-state index contributed by atoms with van der Waals surface area (Å²) in [5.41, 5.74) is 11.1. The van der Waals surface area contributed by atoms with E-state index in [1.807, 2.05) is 55.5 Å². The van der Waals surface area contributed by atoms with E-state index in [2.05, 4.69) is 15.0 Å². The second kappa shape index (κ2) is 5.14. The largest absolute Gasteiger partial charge is 0.252 e. The van der Waals surface area contributed by atoms with Gasteiger partial charge in [-0.15, -0.1) is 0 Å². The Hall–Kier alpha value is -2.32. The van der Waals surface area contributed by atoms with Crippen molar-refractivity contribution in [2.45, 2.75) is 13.0 Å². The van der Waals surface area contributed by atoms with Gasteiger partial charge in [0.15, 0.2) is 0 Å². The van der Waals surface area contributed by atoms with Crippen molar-refractivity contribution in [3.8, 4) is 11.3 Å². The molecular formula is C13H12N4. The topological polar surface area (TPSA) is 61.7 Å². The standard InChI is InChI=1S/C13H12N4/c1-10(16-17-14)12-8-5-9-13(15-12)11-6-3-2-4-7-11/h2-10H,1H3/t10-/m0/s1. The van der Waals surface area contributed by atoms with Gasteiger partial charge < -0.3 is 0 Å². The van der Waals surface area contributed by atoms with Gasteiger partial charge >= 0.3 is 0 Å². The van der Waals surface area contributed by atoms with E-state index in [1.54, 1.807) is 0 Å². The van der Waals surface area contributed by atoms with Crippen molar-refractivity contribution in [2.24, 2.45) is 5.11 Å². The molecule has 0 saturated carbocycles. The summed E-state index contributed by atoms with van der Waals surface area (Å²) < 4.78 is 0. The number of nitrogens with zero attached hydrogens (tertiary/aromatic N) is 4. The van der Waals surface area contributed by atoms with Crippen LogP contribution in [0.3, 0.4) is 0 Å². The lowest BCUT2D eigenvalue weighted by Gasteiger charge is -2.06. The van der Waals surface area contributed by atoms with Crippen molar-refractivity contribution in [1.82, 2.24) is 4.98 Å². The number of azide groups is 1. The van der Waals surface area contributed by atoms with Crippen LogP contribution < -0.4 is 0 Å². The highest BCUT2D eigenvalue weighted by molar-refractivity contribution is 5.58. The lowest BCUT2D eigenvalue weighted by atomic mass is 10.1. The lowest BCUT2D eigenvalue weighted by molar-refractivity contribution is 0.774. The quantitative estimate of drug-likeness (QED) is 0.439. The Morgan fingerprint density at radius 3 is 2.59 bits per heavy atom. The average molecular weight is 224 g/mol. The number of aromatic nitrogens is 1. The molecule has 0 saturated heterocycles. The third kappa shape index (κ3) is 2.62. The molecule has 0 aliphatic carbocycles. The van der Waals surface area contributed by atoms with E-state index in [1.165, 1.54) is 0 Å². The summed E-state index contributed by atoms with van der Waals surface area (Å²) in [6.45, 7) is 1.83. The van der Waals surface area contributed by atoms with Gasteiger partial charge in [-0.2, -0.15) is 0 Å². The first-order valence-corrected chi connectivity index (χ1v) is 5.38. The molecule has 0 bridgehead atoms. The molecule has 1 heterocycles. The van der Waals surface area contributed by atoms with Crippen LogP contribution in [0.25, 0.3) is 21.7 Å². The highest BCUT2D eigenvalue weighted by Crippen LogP contribution is 2.20. The fourth-order valence-corrected chi connectivity index (χ4v) is 1.59. The molecule has 1 aromatic heterocycles. The van der Waals surface area contributed by atoms with Crippen molar-refractivity contribution >= 4 is 0 Å². The smallest absolute Gasteiger partial charge is 0.0769 e. The van der Waals surface area contributed by atoms with Crippen molar-refractivity contribution < 1.29 is 0 Å². The van der Waals surface area contributed by atoms with Gasteiger partial charge in [0, 0.05) is 16.2 Å². The van der Waals surface area contributed by atoms with Crippen LogP contribution in [0.2, 0.25) is 0 Å². The number of hydrogen-bond acceptors (Lipinski definition) is 2. The monoisotopic (exact) mass is 224 g/mol. The highest BCUT2D eigenvalue weighted by Gasteiger charge is 2.06. The van der Waals surface area contributed by atoms with E-state index in [4.69, 9.17) is 5.53 Å². The Morgan fingerprint density at radius 1 is 1.12 bits per heavy atom. The molecule has 4 heteroatoms. The summed E-state index contributed by atoms with van der Waals surface area (Å²) in [5, 5.41) is 3.65.